The van der Waals surface area contributed by atoms with E-state index < -0.39 is 0 Å². The van der Waals surface area contributed by atoms with Crippen molar-refractivity contribution in [2.75, 3.05) is 13.2 Å². The van der Waals surface area contributed by atoms with Crippen LogP contribution in [0.1, 0.15) is 29.8 Å². The molecule has 0 aromatic heterocycles. The molecular formula is C12H13BrO3. The van der Waals surface area contributed by atoms with E-state index >= 15 is 0 Å². The van der Waals surface area contributed by atoms with Gasteiger partial charge in [-0.1, -0.05) is 6.92 Å². The Morgan fingerprint density at radius 3 is 2.75 bits per heavy atom. The molecule has 1 aliphatic heterocycles. The number of ether oxygens (including phenoxy) is 2. The molecule has 0 saturated heterocycles. The van der Waals surface area contributed by atoms with Crippen molar-refractivity contribution in [2.24, 2.45) is 0 Å². The summed E-state index contributed by atoms with van der Waals surface area (Å²) in [6.07, 6.45) is 0.784. The van der Waals surface area contributed by atoms with Crippen LogP contribution in [0.2, 0.25) is 0 Å². The Morgan fingerprint density at radius 2 is 2.12 bits per heavy atom. The van der Waals surface area contributed by atoms with Gasteiger partial charge in [-0.15, -0.1) is 0 Å². The molecule has 1 heterocycles. The second-order valence-electron chi connectivity index (χ2n) is 3.65. The molecule has 0 radical (unpaired) electrons. The van der Waals surface area contributed by atoms with Crippen LogP contribution in [0.4, 0.5) is 0 Å². The first kappa shape index (κ1) is 11.5. The maximum atomic E-state index is 11.5. The Hall–Kier alpha value is -1.03. The van der Waals surface area contributed by atoms with Gasteiger partial charge in [0.1, 0.15) is 13.2 Å². The first-order chi connectivity index (χ1) is 7.65. The molecule has 3 nitrogen and oxygen atoms in total. The number of ketones is 1. The average molecular weight is 285 g/mol. The van der Waals surface area contributed by atoms with Crippen molar-refractivity contribution >= 4 is 21.7 Å². The summed E-state index contributed by atoms with van der Waals surface area (Å²) in [6.45, 7) is 4.66. The summed E-state index contributed by atoms with van der Waals surface area (Å²) in [6, 6.07) is 1.78. The molecule has 0 fully saturated rings. The van der Waals surface area contributed by atoms with Gasteiger partial charge in [0.15, 0.2) is 17.3 Å². The molecule has 0 unspecified atom stereocenters. The standard InChI is InChI=1S/C12H13BrO3/c1-3-8-9(7(2)14)6-10-12(11(8)13)16-5-4-15-10/h6H,3-5H2,1-2H3. The normalized spacial score (nSPS) is 13.7. The Bertz CT molecular complexity index is 440. The predicted molar refractivity (Wildman–Crippen MR) is 64.5 cm³/mol. The van der Waals surface area contributed by atoms with Crippen molar-refractivity contribution in [3.63, 3.8) is 0 Å². The number of halogens is 1. The third-order valence-electron chi connectivity index (χ3n) is 2.61. The van der Waals surface area contributed by atoms with E-state index in [-0.39, 0.29) is 5.78 Å². The molecule has 2 rings (SSSR count). The summed E-state index contributed by atoms with van der Waals surface area (Å²) in [5, 5.41) is 0. The molecule has 0 aliphatic carbocycles. The van der Waals surface area contributed by atoms with Crippen molar-refractivity contribution in [2.45, 2.75) is 20.3 Å². The third kappa shape index (κ3) is 1.82. The minimum Gasteiger partial charge on any atom is -0.486 e. The molecule has 86 valence electrons. The average Bonchev–Trinajstić information content (AvgIpc) is 2.29. The summed E-state index contributed by atoms with van der Waals surface area (Å²) in [5.74, 6) is 1.42. The number of hydrogen-bond donors (Lipinski definition) is 0. The van der Waals surface area contributed by atoms with E-state index in [4.69, 9.17) is 9.47 Å². The maximum Gasteiger partial charge on any atom is 0.175 e. The second kappa shape index (κ2) is 4.45. The smallest absolute Gasteiger partial charge is 0.175 e. The molecule has 1 aromatic carbocycles. The number of carbonyl (C=O) groups excluding carboxylic acids is 1. The lowest BCUT2D eigenvalue weighted by Gasteiger charge is -2.22. The molecule has 4 heteroatoms. The Morgan fingerprint density at radius 1 is 1.44 bits per heavy atom. The zero-order valence-corrected chi connectivity index (χ0v) is 10.9. The van der Waals surface area contributed by atoms with Crippen molar-refractivity contribution < 1.29 is 14.3 Å². The van der Waals surface area contributed by atoms with Gasteiger partial charge in [0.2, 0.25) is 0 Å². The highest BCUT2D eigenvalue weighted by atomic mass is 79.9. The largest absolute Gasteiger partial charge is 0.486 e. The molecule has 0 bridgehead atoms. The molecule has 0 amide bonds. The van der Waals surface area contributed by atoms with Crippen LogP contribution in [0, 0.1) is 0 Å². The first-order valence-corrected chi connectivity index (χ1v) is 6.06. The van der Waals surface area contributed by atoms with E-state index in [1.165, 1.54) is 0 Å². The topological polar surface area (TPSA) is 35.5 Å². The van der Waals surface area contributed by atoms with Gasteiger partial charge >= 0.3 is 0 Å². The van der Waals surface area contributed by atoms with Crippen LogP contribution in [0.25, 0.3) is 0 Å². The fourth-order valence-electron chi connectivity index (χ4n) is 1.84. The lowest BCUT2D eigenvalue weighted by atomic mass is 10.0. The Balaban J connectivity index is 2.64. The molecule has 0 spiro atoms. The fourth-order valence-corrected chi connectivity index (χ4v) is 2.65. The fraction of sp³-hybridized carbons (Fsp3) is 0.417. The van der Waals surface area contributed by atoms with E-state index in [1.807, 2.05) is 6.92 Å². The van der Waals surface area contributed by atoms with E-state index in [0.717, 1.165) is 16.5 Å². The lowest BCUT2D eigenvalue weighted by Crippen LogP contribution is -2.17. The van der Waals surface area contributed by atoms with Crippen molar-refractivity contribution in [1.29, 1.82) is 0 Å². The van der Waals surface area contributed by atoms with Crippen molar-refractivity contribution in [3.05, 3.63) is 21.7 Å². The molecule has 0 saturated carbocycles. The lowest BCUT2D eigenvalue weighted by molar-refractivity contribution is 0.101. The molecule has 16 heavy (non-hydrogen) atoms. The highest BCUT2D eigenvalue weighted by Gasteiger charge is 2.22. The number of hydrogen-bond acceptors (Lipinski definition) is 3. The van der Waals surface area contributed by atoms with Gasteiger partial charge in [0.05, 0.1) is 4.47 Å². The van der Waals surface area contributed by atoms with E-state index in [2.05, 4.69) is 15.9 Å². The van der Waals surface area contributed by atoms with Gasteiger partial charge in [-0.25, -0.2) is 0 Å². The quantitative estimate of drug-likeness (QED) is 0.784. The van der Waals surface area contributed by atoms with Crippen LogP contribution < -0.4 is 9.47 Å². The highest BCUT2D eigenvalue weighted by Crippen LogP contribution is 2.41. The van der Waals surface area contributed by atoms with Crippen molar-refractivity contribution in [3.8, 4) is 11.5 Å². The number of carbonyl (C=O) groups is 1. The molecular weight excluding hydrogens is 272 g/mol. The van der Waals surface area contributed by atoms with Crippen LogP contribution in [0.5, 0.6) is 11.5 Å². The molecule has 1 aliphatic rings. The van der Waals surface area contributed by atoms with Crippen LogP contribution in [-0.4, -0.2) is 19.0 Å². The summed E-state index contributed by atoms with van der Waals surface area (Å²) >= 11 is 3.49. The third-order valence-corrected chi connectivity index (χ3v) is 3.45. The Labute approximate surface area is 103 Å². The second-order valence-corrected chi connectivity index (χ2v) is 4.44. The predicted octanol–water partition coefficient (Wildman–Crippen LogP) is 2.99. The minimum absolute atomic E-state index is 0.0505. The van der Waals surface area contributed by atoms with Crippen LogP contribution in [-0.2, 0) is 6.42 Å². The highest BCUT2D eigenvalue weighted by molar-refractivity contribution is 9.10. The summed E-state index contributed by atoms with van der Waals surface area (Å²) in [4.78, 5) is 11.5. The van der Waals surface area contributed by atoms with Crippen LogP contribution in [0.3, 0.4) is 0 Å². The number of fused-ring (bicyclic) bond motifs is 1. The zero-order valence-electron chi connectivity index (χ0n) is 9.30. The number of benzene rings is 1. The van der Waals surface area contributed by atoms with Gasteiger partial charge in [0.25, 0.3) is 0 Å². The number of rotatable bonds is 2. The maximum absolute atomic E-state index is 11.5. The molecule has 1 aromatic rings. The summed E-state index contributed by atoms with van der Waals surface area (Å²) < 4.78 is 11.9. The molecule has 0 N–H and O–H groups in total. The van der Waals surface area contributed by atoms with Gasteiger partial charge in [0, 0.05) is 5.56 Å². The van der Waals surface area contributed by atoms with E-state index in [9.17, 15) is 4.79 Å². The summed E-state index contributed by atoms with van der Waals surface area (Å²) in [5.41, 5.74) is 1.69. The molecule has 0 atom stereocenters. The minimum atomic E-state index is 0.0505. The number of Topliss-reactive ketones (excluding diaryl/α,β-unsaturated/α-hetero) is 1. The van der Waals surface area contributed by atoms with E-state index in [0.29, 0.717) is 30.3 Å². The Kier molecular flexibility index (Phi) is 3.19. The first-order valence-electron chi connectivity index (χ1n) is 5.27. The zero-order chi connectivity index (χ0) is 11.7. The van der Waals surface area contributed by atoms with Gasteiger partial charge in [-0.3, -0.25) is 4.79 Å². The van der Waals surface area contributed by atoms with Gasteiger partial charge in [-0.05, 0) is 40.9 Å². The van der Waals surface area contributed by atoms with E-state index in [1.54, 1.807) is 13.0 Å². The summed E-state index contributed by atoms with van der Waals surface area (Å²) in [7, 11) is 0. The van der Waals surface area contributed by atoms with Crippen molar-refractivity contribution in [1.82, 2.24) is 0 Å². The SMILES string of the molecule is CCc1c(C(C)=O)cc2c(c1Br)OCCO2. The van der Waals surface area contributed by atoms with Gasteiger partial charge in [-0.2, -0.15) is 0 Å². The monoisotopic (exact) mass is 284 g/mol. The van der Waals surface area contributed by atoms with Crippen LogP contribution >= 0.6 is 15.9 Å². The van der Waals surface area contributed by atoms with Gasteiger partial charge < -0.3 is 9.47 Å². The van der Waals surface area contributed by atoms with Crippen LogP contribution in [0.15, 0.2) is 10.5 Å².